The quantitative estimate of drug-likeness (QED) is 0.156. The van der Waals surface area contributed by atoms with Gasteiger partial charge in [-0.15, -0.1) is 0 Å². The first-order valence-corrected chi connectivity index (χ1v) is 25.2. The van der Waals surface area contributed by atoms with Crippen molar-refractivity contribution in [3.8, 4) is 78.5 Å². The molecule has 0 radical (unpaired) electrons. The smallest absolute Gasteiger partial charge is 0.252 e. The van der Waals surface area contributed by atoms with Crippen LogP contribution in [0.25, 0.3) is 133 Å². The molecule has 11 aromatic carbocycles. The van der Waals surface area contributed by atoms with Gasteiger partial charge in [0, 0.05) is 60.5 Å². The van der Waals surface area contributed by atoms with Crippen LogP contribution in [0.5, 0.6) is 0 Å². The summed E-state index contributed by atoms with van der Waals surface area (Å²) in [6.07, 6.45) is 0. The summed E-state index contributed by atoms with van der Waals surface area (Å²) >= 11 is 0. The maximum atomic E-state index is 5.56. The molecule has 5 heteroatoms. The minimum atomic E-state index is -0.0769. The van der Waals surface area contributed by atoms with Gasteiger partial charge >= 0.3 is 0 Å². The van der Waals surface area contributed by atoms with Crippen LogP contribution in [0.3, 0.4) is 0 Å². The molecule has 2 aliphatic heterocycles. The molecule has 14 aromatic rings. The molecule has 336 valence electrons. The fourth-order valence-electron chi connectivity index (χ4n) is 12.6. The lowest BCUT2D eigenvalue weighted by Gasteiger charge is -2.34. The van der Waals surface area contributed by atoms with Crippen molar-refractivity contribution in [2.24, 2.45) is 0 Å². The van der Waals surface area contributed by atoms with Crippen LogP contribution in [0.4, 0.5) is 0 Å². The zero-order chi connectivity index (χ0) is 47.7. The van der Waals surface area contributed by atoms with E-state index in [-0.39, 0.29) is 6.71 Å². The molecule has 0 saturated carbocycles. The molecule has 0 unspecified atom stereocenters. The van der Waals surface area contributed by atoms with E-state index >= 15 is 0 Å². The van der Waals surface area contributed by atoms with E-state index < -0.39 is 0 Å². The molecule has 0 bridgehead atoms. The zero-order valence-electron chi connectivity index (χ0n) is 39.5. The molecule has 73 heavy (non-hydrogen) atoms. The van der Waals surface area contributed by atoms with Crippen molar-refractivity contribution in [3.05, 3.63) is 249 Å². The average molecular weight is 925 g/mol. The first-order chi connectivity index (χ1) is 36.2. The third-order valence-electron chi connectivity index (χ3n) is 15.7. The molecule has 0 aliphatic carbocycles. The molecule has 16 rings (SSSR count). The fourth-order valence-corrected chi connectivity index (χ4v) is 12.6. The molecular weight excluding hydrogens is 884 g/mol. The topological polar surface area (TPSA) is 35.6 Å². The molecule has 0 fully saturated rings. The van der Waals surface area contributed by atoms with Gasteiger partial charge in [0.1, 0.15) is 0 Å². The molecule has 5 heterocycles. The van der Waals surface area contributed by atoms with E-state index in [0.717, 1.165) is 39.1 Å². The van der Waals surface area contributed by atoms with Gasteiger partial charge in [-0.3, -0.25) is 0 Å². The Bertz CT molecular complexity index is 4350. The van der Waals surface area contributed by atoms with E-state index in [9.17, 15) is 0 Å². The summed E-state index contributed by atoms with van der Waals surface area (Å²) in [5.41, 5.74) is 24.5. The SMILES string of the molecule is c1ccc(-c2ccc3c(c2)c2c(-c4ccccc4)ccc4c2n3-c2cc(-c3nc(-c5ccccc5)c5ccccc5n3)cc3c2B4c2ccc(-c4ccccc4)c4c5cc(-c6ccccc6)ccc5n-3c24)cc1. The Balaban J connectivity index is 1.08. The van der Waals surface area contributed by atoms with Crippen LogP contribution in [0.15, 0.2) is 249 Å². The summed E-state index contributed by atoms with van der Waals surface area (Å²) < 4.78 is 5.16. The lowest BCUT2D eigenvalue weighted by Crippen LogP contribution is -2.59. The molecule has 2 aliphatic rings. The second-order valence-corrected chi connectivity index (χ2v) is 19.6. The average Bonchev–Trinajstić information content (AvgIpc) is 4.00. The van der Waals surface area contributed by atoms with Crippen molar-refractivity contribution >= 4 is 77.6 Å². The molecule has 0 N–H and O–H groups in total. The summed E-state index contributed by atoms with van der Waals surface area (Å²) in [6, 6.07) is 91.1. The predicted octanol–water partition coefficient (Wildman–Crippen LogP) is 15.0. The van der Waals surface area contributed by atoms with Crippen molar-refractivity contribution in [2.45, 2.75) is 0 Å². The molecule has 0 saturated heterocycles. The summed E-state index contributed by atoms with van der Waals surface area (Å²) in [6.45, 7) is -0.0769. The maximum Gasteiger partial charge on any atom is 0.252 e. The third-order valence-corrected chi connectivity index (χ3v) is 15.7. The van der Waals surface area contributed by atoms with Crippen molar-refractivity contribution in [1.29, 1.82) is 0 Å². The minimum absolute atomic E-state index is 0.0769. The number of aromatic nitrogens is 4. The van der Waals surface area contributed by atoms with Crippen molar-refractivity contribution in [1.82, 2.24) is 19.1 Å². The lowest BCUT2D eigenvalue weighted by atomic mass is 9.34. The van der Waals surface area contributed by atoms with Crippen LogP contribution in [-0.4, -0.2) is 25.8 Å². The zero-order valence-corrected chi connectivity index (χ0v) is 39.5. The number of nitrogens with zero attached hydrogens (tertiary/aromatic N) is 4. The number of rotatable bonds is 6. The van der Waals surface area contributed by atoms with Crippen molar-refractivity contribution in [2.75, 3.05) is 0 Å². The van der Waals surface area contributed by atoms with Crippen LogP contribution in [0, 0.1) is 0 Å². The van der Waals surface area contributed by atoms with Gasteiger partial charge in [-0.25, -0.2) is 9.97 Å². The Morgan fingerprint density at radius 2 is 0.753 bits per heavy atom. The highest BCUT2D eigenvalue weighted by Crippen LogP contribution is 2.46. The van der Waals surface area contributed by atoms with E-state index in [4.69, 9.17) is 9.97 Å². The number of hydrogen-bond acceptors (Lipinski definition) is 2. The highest BCUT2D eigenvalue weighted by atomic mass is 15.0. The van der Waals surface area contributed by atoms with Gasteiger partial charge < -0.3 is 9.13 Å². The highest BCUT2D eigenvalue weighted by Gasteiger charge is 2.42. The van der Waals surface area contributed by atoms with Crippen molar-refractivity contribution in [3.63, 3.8) is 0 Å². The van der Waals surface area contributed by atoms with Crippen molar-refractivity contribution < 1.29 is 0 Å². The summed E-state index contributed by atoms with van der Waals surface area (Å²) in [4.78, 5) is 11.0. The third kappa shape index (κ3) is 5.85. The molecule has 4 nitrogen and oxygen atoms in total. The Hall–Kier alpha value is -9.58. The first kappa shape index (κ1) is 40.2. The van der Waals surface area contributed by atoms with E-state index in [1.54, 1.807) is 0 Å². The molecule has 0 spiro atoms. The molecule has 0 atom stereocenters. The molecule has 3 aromatic heterocycles. The fraction of sp³-hybridized carbons (Fsp3) is 0. The second kappa shape index (κ2) is 15.5. The van der Waals surface area contributed by atoms with Gasteiger partial charge in [-0.2, -0.15) is 0 Å². The second-order valence-electron chi connectivity index (χ2n) is 19.6. The largest absolute Gasteiger partial charge is 0.310 e. The van der Waals surface area contributed by atoms with Crippen LogP contribution >= 0.6 is 0 Å². The maximum absolute atomic E-state index is 5.56. The predicted molar refractivity (Wildman–Crippen MR) is 305 cm³/mol. The summed E-state index contributed by atoms with van der Waals surface area (Å²) in [5, 5.41) is 6.01. The van der Waals surface area contributed by atoms with E-state index in [2.05, 4.69) is 258 Å². The Morgan fingerprint density at radius 3 is 1.25 bits per heavy atom. The number of benzene rings is 11. The lowest BCUT2D eigenvalue weighted by molar-refractivity contribution is 1.13. The van der Waals surface area contributed by atoms with Crippen LogP contribution in [0.1, 0.15) is 0 Å². The van der Waals surface area contributed by atoms with Gasteiger partial charge in [-0.1, -0.05) is 206 Å². The normalized spacial score (nSPS) is 12.4. The molecular formula is C68H41BN4. The Kier molecular flexibility index (Phi) is 8.51. The van der Waals surface area contributed by atoms with E-state index in [1.165, 1.54) is 105 Å². The van der Waals surface area contributed by atoms with Crippen LogP contribution < -0.4 is 16.4 Å². The van der Waals surface area contributed by atoms with E-state index in [1.807, 2.05) is 0 Å². The van der Waals surface area contributed by atoms with Crippen LogP contribution in [-0.2, 0) is 0 Å². The van der Waals surface area contributed by atoms with Gasteiger partial charge in [0.25, 0.3) is 6.71 Å². The van der Waals surface area contributed by atoms with Gasteiger partial charge in [0.2, 0.25) is 0 Å². The first-order valence-electron chi connectivity index (χ1n) is 25.2. The monoisotopic (exact) mass is 924 g/mol. The van der Waals surface area contributed by atoms with E-state index in [0.29, 0.717) is 5.82 Å². The summed E-state index contributed by atoms with van der Waals surface area (Å²) in [5.74, 6) is 0.693. The molecule has 0 amide bonds. The number of fused-ring (bicyclic) bond motifs is 11. The van der Waals surface area contributed by atoms with Gasteiger partial charge in [0.05, 0.1) is 22.2 Å². The standard InChI is InChI=1S/C68H41BN4/c1-6-18-42(19-7-1)47-30-36-58-53(38-47)62-50(44-22-10-3-11-23-44)32-34-55-66(62)72(58)60-40-49(68-70-57-29-17-16-28-52(57)65(71-68)46-26-14-5-15-27-46)41-61-64(60)69(55)56-35-33-51(45-24-12-4-13-25-45)63-54-39-48(43-20-8-2-9-21-43)31-37-59(54)73(61)67(56)63/h1-41H. The van der Waals surface area contributed by atoms with Crippen LogP contribution in [0.2, 0.25) is 0 Å². The van der Waals surface area contributed by atoms with Gasteiger partial charge in [-0.05, 0) is 103 Å². The Labute approximate surface area is 421 Å². The van der Waals surface area contributed by atoms with Gasteiger partial charge in [0.15, 0.2) is 5.82 Å². The highest BCUT2D eigenvalue weighted by molar-refractivity contribution is 7.00. The summed E-state index contributed by atoms with van der Waals surface area (Å²) in [7, 11) is 0. The number of para-hydroxylation sites is 1. The number of hydrogen-bond donors (Lipinski definition) is 0. The minimum Gasteiger partial charge on any atom is -0.310 e. The Morgan fingerprint density at radius 1 is 0.315 bits per heavy atom.